The van der Waals surface area contributed by atoms with Crippen LogP contribution in [0, 0.1) is 13.8 Å². The summed E-state index contributed by atoms with van der Waals surface area (Å²) in [7, 11) is 0. The van der Waals surface area contributed by atoms with E-state index in [4.69, 9.17) is 10.5 Å². The Morgan fingerprint density at radius 1 is 1.05 bits per heavy atom. The molecule has 0 amide bonds. The molecular weight excluding hydrogens is 258 g/mol. The first-order valence-corrected chi connectivity index (χ1v) is 7.64. The fourth-order valence-corrected chi connectivity index (χ4v) is 2.36. The van der Waals surface area contributed by atoms with E-state index in [-0.39, 0.29) is 6.04 Å². The van der Waals surface area contributed by atoms with Gasteiger partial charge in [-0.3, -0.25) is 0 Å². The van der Waals surface area contributed by atoms with E-state index in [1.54, 1.807) is 0 Å². The topological polar surface area (TPSA) is 35.2 Å². The molecule has 2 heteroatoms. The molecule has 0 saturated carbocycles. The van der Waals surface area contributed by atoms with Gasteiger partial charge in [0.1, 0.15) is 12.4 Å². The van der Waals surface area contributed by atoms with Gasteiger partial charge in [-0.15, -0.1) is 0 Å². The summed E-state index contributed by atoms with van der Waals surface area (Å²) in [5, 5.41) is 0. The van der Waals surface area contributed by atoms with Gasteiger partial charge in [0, 0.05) is 0 Å². The van der Waals surface area contributed by atoms with Crippen molar-refractivity contribution < 1.29 is 4.74 Å². The second-order valence-corrected chi connectivity index (χ2v) is 5.68. The number of benzene rings is 2. The fraction of sp³-hybridized carbons (Fsp3) is 0.368. The quantitative estimate of drug-likeness (QED) is 0.856. The Bertz CT molecular complexity index is 575. The summed E-state index contributed by atoms with van der Waals surface area (Å²) in [4.78, 5) is 0. The van der Waals surface area contributed by atoms with Crippen LogP contribution in [0.15, 0.2) is 42.5 Å². The first-order valence-electron chi connectivity index (χ1n) is 7.64. The van der Waals surface area contributed by atoms with Crippen LogP contribution in [-0.4, -0.2) is 6.61 Å². The van der Waals surface area contributed by atoms with Gasteiger partial charge in [0.2, 0.25) is 0 Å². The molecular formula is C19H25NO. The molecule has 0 saturated heterocycles. The summed E-state index contributed by atoms with van der Waals surface area (Å²) in [5.41, 5.74) is 11.1. The molecule has 0 aliphatic rings. The minimum Gasteiger partial charge on any atom is -0.491 e. The van der Waals surface area contributed by atoms with Crippen molar-refractivity contribution in [1.29, 1.82) is 0 Å². The number of hydrogen-bond acceptors (Lipinski definition) is 2. The zero-order valence-corrected chi connectivity index (χ0v) is 13.2. The van der Waals surface area contributed by atoms with Gasteiger partial charge in [-0.05, 0) is 48.6 Å². The van der Waals surface area contributed by atoms with Crippen molar-refractivity contribution in [2.24, 2.45) is 5.73 Å². The molecule has 0 radical (unpaired) electrons. The van der Waals surface area contributed by atoms with Gasteiger partial charge >= 0.3 is 0 Å². The van der Waals surface area contributed by atoms with E-state index in [1.807, 2.05) is 0 Å². The van der Waals surface area contributed by atoms with Crippen LogP contribution in [0.4, 0.5) is 0 Å². The van der Waals surface area contributed by atoms with Crippen molar-refractivity contribution in [3.8, 4) is 5.75 Å². The van der Waals surface area contributed by atoms with E-state index in [1.165, 1.54) is 17.5 Å². The standard InChI is InChI=1S/C19H25NO/c1-4-5-16-8-10-17(11-9-16)18(20)13-21-19-12-14(2)6-7-15(19)3/h6-12,18H,4-5,13,20H2,1-3H3. The number of rotatable bonds is 6. The Labute approximate surface area is 127 Å². The lowest BCUT2D eigenvalue weighted by molar-refractivity contribution is 0.288. The summed E-state index contributed by atoms with van der Waals surface area (Å²) in [6.45, 7) is 6.81. The van der Waals surface area contributed by atoms with Gasteiger partial charge in [-0.1, -0.05) is 49.7 Å². The Kier molecular flexibility index (Phi) is 5.40. The van der Waals surface area contributed by atoms with Crippen molar-refractivity contribution in [3.63, 3.8) is 0 Å². The first kappa shape index (κ1) is 15.6. The van der Waals surface area contributed by atoms with Crippen LogP contribution in [0.5, 0.6) is 5.75 Å². The molecule has 1 unspecified atom stereocenters. The third-order valence-electron chi connectivity index (χ3n) is 3.71. The summed E-state index contributed by atoms with van der Waals surface area (Å²) in [6, 6.07) is 14.7. The molecule has 2 nitrogen and oxygen atoms in total. The predicted molar refractivity (Wildman–Crippen MR) is 88.8 cm³/mol. The van der Waals surface area contributed by atoms with Crippen LogP contribution in [0.25, 0.3) is 0 Å². The Hall–Kier alpha value is -1.80. The second-order valence-electron chi connectivity index (χ2n) is 5.68. The maximum absolute atomic E-state index is 6.23. The lowest BCUT2D eigenvalue weighted by atomic mass is 10.0. The maximum Gasteiger partial charge on any atom is 0.122 e. The number of ether oxygens (including phenoxy) is 1. The first-order chi connectivity index (χ1) is 10.1. The average Bonchev–Trinajstić information content (AvgIpc) is 2.49. The van der Waals surface area contributed by atoms with Crippen LogP contribution in [0.3, 0.4) is 0 Å². The summed E-state index contributed by atoms with van der Waals surface area (Å²) in [5.74, 6) is 0.924. The molecule has 0 aliphatic carbocycles. The molecule has 2 aromatic carbocycles. The molecule has 0 aromatic heterocycles. The van der Waals surface area contributed by atoms with Crippen molar-refractivity contribution >= 4 is 0 Å². The van der Waals surface area contributed by atoms with Gasteiger partial charge in [-0.2, -0.15) is 0 Å². The molecule has 0 bridgehead atoms. The smallest absolute Gasteiger partial charge is 0.122 e. The van der Waals surface area contributed by atoms with E-state index >= 15 is 0 Å². The number of hydrogen-bond donors (Lipinski definition) is 1. The molecule has 2 N–H and O–H groups in total. The van der Waals surface area contributed by atoms with Crippen molar-refractivity contribution in [2.45, 2.75) is 39.7 Å². The van der Waals surface area contributed by atoms with Crippen LogP contribution in [-0.2, 0) is 6.42 Å². The minimum atomic E-state index is -0.0967. The average molecular weight is 283 g/mol. The van der Waals surface area contributed by atoms with Crippen molar-refractivity contribution in [2.75, 3.05) is 6.61 Å². The maximum atomic E-state index is 6.23. The highest BCUT2D eigenvalue weighted by Crippen LogP contribution is 2.21. The van der Waals surface area contributed by atoms with Gasteiger partial charge in [0.25, 0.3) is 0 Å². The fourth-order valence-electron chi connectivity index (χ4n) is 2.36. The van der Waals surface area contributed by atoms with E-state index in [0.717, 1.165) is 23.3 Å². The van der Waals surface area contributed by atoms with Crippen LogP contribution >= 0.6 is 0 Å². The molecule has 0 spiro atoms. The highest BCUT2D eigenvalue weighted by atomic mass is 16.5. The van der Waals surface area contributed by atoms with Gasteiger partial charge in [0.05, 0.1) is 6.04 Å². The number of aryl methyl sites for hydroxylation is 3. The lowest BCUT2D eigenvalue weighted by Gasteiger charge is -2.16. The van der Waals surface area contributed by atoms with Gasteiger partial charge in [-0.25, -0.2) is 0 Å². The zero-order valence-electron chi connectivity index (χ0n) is 13.2. The van der Waals surface area contributed by atoms with Crippen molar-refractivity contribution in [1.82, 2.24) is 0 Å². The molecule has 0 heterocycles. The number of nitrogens with two attached hydrogens (primary N) is 1. The van der Waals surface area contributed by atoms with Gasteiger partial charge < -0.3 is 10.5 Å². The highest BCUT2D eigenvalue weighted by Gasteiger charge is 2.08. The Morgan fingerprint density at radius 3 is 2.43 bits per heavy atom. The predicted octanol–water partition coefficient (Wildman–Crippen LogP) is 4.33. The molecule has 0 aliphatic heterocycles. The summed E-state index contributed by atoms with van der Waals surface area (Å²) in [6.07, 6.45) is 2.29. The normalized spacial score (nSPS) is 12.2. The van der Waals surface area contributed by atoms with Crippen LogP contribution in [0.2, 0.25) is 0 Å². The SMILES string of the molecule is CCCc1ccc(C(N)COc2cc(C)ccc2C)cc1. The summed E-state index contributed by atoms with van der Waals surface area (Å²) >= 11 is 0. The van der Waals surface area contributed by atoms with Crippen LogP contribution < -0.4 is 10.5 Å². The molecule has 2 rings (SSSR count). The Morgan fingerprint density at radius 2 is 1.76 bits per heavy atom. The third kappa shape index (κ3) is 4.33. The van der Waals surface area contributed by atoms with E-state index in [9.17, 15) is 0 Å². The van der Waals surface area contributed by atoms with E-state index in [0.29, 0.717) is 6.61 Å². The van der Waals surface area contributed by atoms with E-state index in [2.05, 4.69) is 63.2 Å². The molecule has 0 fully saturated rings. The molecule has 1 atom stereocenters. The second kappa shape index (κ2) is 7.28. The third-order valence-corrected chi connectivity index (χ3v) is 3.71. The largest absolute Gasteiger partial charge is 0.491 e. The zero-order chi connectivity index (χ0) is 15.2. The lowest BCUT2D eigenvalue weighted by Crippen LogP contribution is -2.19. The Balaban J connectivity index is 1.97. The molecule has 21 heavy (non-hydrogen) atoms. The van der Waals surface area contributed by atoms with E-state index < -0.39 is 0 Å². The summed E-state index contributed by atoms with van der Waals surface area (Å²) < 4.78 is 5.89. The monoisotopic (exact) mass is 283 g/mol. The van der Waals surface area contributed by atoms with Gasteiger partial charge in [0.15, 0.2) is 0 Å². The minimum absolute atomic E-state index is 0.0967. The van der Waals surface area contributed by atoms with Crippen LogP contribution in [0.1, 0.15) is 41.6 Å². The highest BCUT2D eigenvalue weighted by molar-refractivity contribution is 5.36. The van der Waals surface area contributed by atoms with Crippen molar-refractivity contribution in [3.05, 3.63) is 64.7 Å². The molecule has 2 aromatic rings. The molecule has 112 valence electrons.